The van der Waals surface area contributed by atoms with Crippen molar-refractivity contribution in [2.45, 2.75) is 33.2 Å². The van der Waals surface area contributed by atoms with Crippen LogP contribution in [0.2, 0.25) is 0 Å². The van der Waals surface area contributed by atoms with Crippen molar-refractivity contribution in [3.05, 3.63) is 22.7 Å². The van der Waals surface area contributed by atoms with E-state index in [0.29, 0.717) is 44.2 Å². The van der Waals surface area contributed by atoms with E-state index in [2.05, 4.69) is 18.8 Å². The number of aromatic nitrogens is 2. The summed E-state index contributed by atoms with van der Waals surface area (Å²) in [4.78, 5) is 30.2. The monoisotopic (exact) mass is 293 g/mol. The van der Waals surface area contributed by atoms with Gasteiger partial charge in [-0.1, -0.05) is 13.8 Å². The first-order chi connectivity index (χ1) is 10.0. The molecule has 6 nitrogen and oxygen atoms in total. The summed E-state index contributed by atoms with van der Waals surface area (Å²) < 4.78 is 6.49. The molecule has 0 saturated carbocycles. The predicted octanol–water partition coefficient (Wildman–Crippen LogP) is 1.29. The van der Waals surface area contributed by atoms with E-state index in [4.69, 9.17) is 4.74 Å². The van der Waals surface area contributed by atoms with Crippen molar-refractivity contribution in [1.82, 2.24) is 9.55 Å². The number of carbonyl (C=O) groups excluding carboxylic acids is 1. The van der Waals surface area contributed by atoms with E-state index in [0.717, 1.165) is 0 Å². The molecule has 0 atom stereocenters. The maximum Gasteiger partial charge on any atom is 0.308 e. The van der Waals surface area contributed by atoms with Crippen LogP contribution in [0.4, 0.5) is 5.82 Å². The Morgan fingerprint density at radius 2 is 2.10 bits per heavy atom. The molecule has 2 rings (SSSR count). The van der Waals surface area contributed by atoms with Crippen molar-refractivity contribution >= 4 is 11.8 Å². The number of carbonyl (C=O) groups is 1. The third-order valence-electron chi connectivity index (χ3n) is 3.79. The van der Waals surface area contributed by atoms with Gasteiger partial charge in [0.25, 0.3) is 5.56 Å². The molecule has 6 heteroatoms. The van der Waals surface area contributed by atoms with Crippen LogP contribution in [0.5, 0.6) is 0 Å². The summed E-state index contributed by atoms with van der Waals surface area (Å²) in [5, 5.41) is 0. The minimum absolute atomic E-state index is 0.0530. The molecule has 0 radical (unpaired) electrons. The lowest BCUT2D eigenvalue weighted by atomic mass is 9.97. The minimum atomic E-state index is -0.159. The Morgan fingerprint density at radius 1 is 1.43 bits per heavy atom. The van der Waals surface area contributed by atoms with Gasteiger partial charge in [-0.2, -0.15) is 0 Å². The fourth-order valence-corrected chi connectivity index (χ4v) is 2.68. The minimum Gasteiger partial charge on any atom is -0.469 e. The smallest absolute Gasteiger partial charge is 0.308 e. The molecule has 1 aromatic heterocycles. The van der Waals surface area contributed by atoms with E-state index >= 15 is 0 Å². The summed E-state index contributed by atoms with van der Waals surface area (Å²) in [5.41, 5.74) is -0.0530. The molecule has 0 amide bonds. The molecule has 2 heterocycles. The van der Waals surface area contributed by atoms with Gasteiger partial charge in [0.1, 0.15) is 0 Å². The molecule has 1 aliphatic rings. The highest BCUT2D eigenvalue weighted by molar-refractivity contribution is 5.72. The zero-order chi connectivity index (χ0) is 15.4. The van der Waals surface area contributed by atoms with Crippen LogP contribution in [0.15, 0.2) is 17.2 Å². The number of nitrogens with zero attached hydrogens (tertiary/aromatic N) is 3. The van der Waals surface area contributed by atoms with E-state index in [9.17, 15) is 9.59 Å². The van der Waals surface area contributed by atoms with E-state index in [1.54, 1.807) is 17.0 Å². The molecule has 1 aliphatic heterocycles. The molecular formula is C15H23N3O3. The average molecular weight is 293 g/mol. The molecule has 0 spiro atoms. The van der Waals surface area contributed by atoms with Crippen molar-refractivity contribution < 1.29 is 9.53 Å². The molecule has 21 heavy (non-hydrogen) atoms. The summed E-state index contributed by atoms with van der Waals surface area (Å²) in [6.45, 7) is 6.16. The highest BCUT2D eigenvalue weighted by atomic mass is 16.5. The molecular weight excluding hydrogens is 270 g/mol. The second-order valence-electron chi connectivity index (χ2n) is 5.89. The first-order valence-electron chi connectivity index (χ1n) is 7.41. The van der Waals surface area contributed by atoms with Gasteiger partial charge in [-0.15, -0.1) is 0 Å². The molecule has 1 saturated heterocycles. The van der Waals surface area contributed by atoms with Crippen molar-refractivity contribution in [2.75, 3.05) is 25.1 Å². The normalized spacial score (nSPS) is 16.3. The standard InChI is InChI=1S/C15H23N3O3/c1-11(2)10-18-9-6-16-13(14(18)19)17-7-4-12(5-8-17)15(20)21-3/h6,9,11-12H,4-5,7-8,10H2,1-3H3. The summed E-state index contributed by atoms with van der Waals surface area (Å²) in [5.74, 6) is 0.671. The van der Waals surface area contributed by atoms with E-state index in [1.165, 1.54) is 7.11 Å². The predicted molar refractivity (Wildman–Crippen MR) is 80.3 cm³/mol. The van der Waals surface area contributed by atoms with Gasteiger partial charge in [0.05, 0.1) is 13.0 Å². The fraction of sp³-hybridized carbons (Fsp3) is 0.667. The lowest BCUT2D eigenvalue weighted by Crippen LogP contribution is -2.41. The highest BCUT2D eigenvalue weighted by Crippen LogP contribution is 2.20. The SMILES string of the molecule is COC(=O)C1CCN(c2nccn(CC(C)C)c2=O)CC1. The second kappa shape index (κ2) is 6.74. The Bertz CT molecular complexity index is 545. The van der Waals surface area contributed by atoms with Crippen LogP contribution in [0, 0.1) is 11.8 Å². The number of esters is 1. The molecule has 1 fully saturated rings. The number of methoxy groups -OCH3 is 1. The molecule has 0 unspecified atom stereocenters. The van der Waals surface area contributed by atoms with Gasteiger partial charge >= 0.3 is 5.97 Å². The third-order valence-corrected chi connectivity index (χ3v) is 3.79. The van der Waals surface area contributed by atoms with Crippen LogP contribution < -0.4 is 10.5 Å². The van der Waals surface area contributed by atoms with Crippen molar-refractivity contribution in [1.29, 1.82) is 0 Å². The number of ether oxygens (including phenoxy) is 1. The summed E-state index contributed by atoms with van der Waals surface area (Å²) in [7, 11) is 1.41. The lowest BCUT2D eigenvalue weighted by molar-refractivity contribution is -0.146. The maximum absolute atomic E-state index is 12.4. The van der Waals surface area contributed by atoms with Crippen LogP contribution in [-0.2, 0) is 16.1 Å². The van der Waals surface area contributed by atoms with Gasteiger partial charge in [0.2, 0.25) is 0 Å². The quantitative estimate of drug-likeness (QED) is 0.783. The molecule has 0 N–H and O–H groups in total. The van der Waals surface area contributed by atoms with Crippen molar-refractivity contribution in [2.24, 2.45) is 11.8 Å². The number of anilines is 1. The van der Waals surface area contributed by atoms with Crippen LogP contribution in [0.3, 0.4) is 0 Å². The van der Waals surface area contributed by atoms with Gasteiger partial charge < -0.3 is 14.2 Å². The van der Waals surface area contributed by atoms with Crippen LogP contribution >= 0.6 is 0 Å². The molecule has 0 bridgehead atoms. The Hall–Kier alpha value is -1.85. The topological polar surface area (TPSA) is 64.4 Å². The fourth-order valence-electron chi connectivity index (χ4n) is 2.68. The number of rotatable bonds is 4. The zero-order valence-electron chi connectivity index (χ0n) is 12.9. The average Bonchev–Trinajstić information content (AvgIpc) is 2.48. The van der Waals surface area contributed by atoms with Gasteiger partial charge in [-0.3, -0.25) is 9.59 Å². The van der Waals surface area contributed by atoms with Crippen LogP contribution in [0.25, 0.3) is 0 Å². The Balaban J connectivity index is 2.10. The largest absolute Gasteiger partial charge is 0.469 e. The van der Waals surface area contributed by atoms with Crippen LogP contribution in [0.1, 0.15) is 26.7 Å². The van der Waals surface area contributed by atoms with Crippen LogP contribution in [-0.4, -0.2) is 35.7 Å². The van der Waals surface area contributed by atoms with Gasteiger partial charge in [0.15, 0.2) is 5.82 Å². The van der Waals surface area contributed by atoms with E-state index < -0.39 is 0 Å². The summed E-state index contributed by atoms with van der Waals surface area (Å²) >= 11 is 0. The molecule has 1 aromatic rings. The number of hydrogen-bond acceptors (Lipinski definition) is 5. The highest BCUT2D eigenvalue weighted by Gasteiger charge is 2.27. The molecule has 0 aliphatic carbocycles. The van der Waals surface area contributed by atoms with Crippen molar-refractivity contribution in [3.8, 4) is 0 Å². The summed E-state index contributed by atoms with van der Waals surface area (Å²) in [6, 6.07) is 0. The Kier molecular flexibility index (Phi) is 4.98. The van der Waals surface area contributed by atoms with E-state index in [1.807, 2.05) is 4.90 Å². The first kappa shape index (κ1) is 15.5. The zero-order valence-corrected chi connectivity index (χ0v) is 12.9. The van der Waals surface area contributed by atoms with Gasteiger partial charge in [-0.25, -0.2) is 4.98 Å². The first-order valence-corrected chi connectivity index (χ1v) is 7.41. The van der Waals surface area contributed by atoms with E-state index in [-0.39, 0.29) is 17.4 Å². The van der Waals surface area contributed by atoms with Gasteiger partial charge in [0, 0.05) is 32.0 Å². The second-order valence-corrected chi connectivity index (χ2v) is 5.89. The lowest BCUT2D eigenvalue weighted by Gasteiger charge is -2.31. The molecule has 116 valence electrons. The van der Waals surface area contributed by atoms with Gasteiger partial charge in [-0.05, 0) is 18.8 Å². The Labute approximate surface area is 124 Å². The number of hydrogen-bond donors (Lipinski definition) is 0. The third kappa shape index (κ3) is 3.62. The summed E-state index contributed by atoms with van der Waals surface area (Å²) in [6.07, 6.45) is 4.80. The number of piperidine rings is 1. The maximum atomic E-state index is 12.4. The van der Waals surface area contributed by atoms with Crippen molar-refractivity contribution in [3.63, 3.8) is 0 Å². The Morgan fingerprint density at radius 3 is 2.67 bits per heavy atom. The molecule has 0 aromatic carbocycles.